The molecule has 1 aromatic heterocycles. The van der Waals surface area contributed by atoms with Crippen molar-refractivity contribution in [3.63, 3.8) is 0 Å². The summed E-state index contributed by atoms with van der Waals surface area (Å²) < 4.78 is 0. The number of nitrogens with one attached hydrogen (secondary N) is 14. The fraction of sp³-hybridized carbons (Fsp3) is 0.627. The van der Waals surface area contributed by atoms with Crippen molar-refractivity contribution in [2.75, 3.05) is 59.3 Å². The molecular weight excluding hydrogens is 1440 g/mol. The smallest absolute Gasteiger partial charge is 0.303 e. The molecule has 15 atom stereocenters. The van der Waals surface area contributed by atoms with Gasteiger partial charge in [-0.25, -0.2) is 0 Å². The molecule has 2 aromatic rings. The van der Waals surface area contributed by atoms with Gasteiger partial charge in [0.25, 0.3) is 0 Å². The first-order valence-corrected chi connectivity index (χ1v) is 35.4. The number of H-pyrrole nitrogens is 1. The van der Waals surface area contributed by atoms with Crippen molar-refractivity contribution < 1.29 is 117 Å². The summed E-state index contributed by atoms with van der Waals surface area (Å²) in [7, 11) is 0. The van der Waals surface area contributed by atoms with Crippen LogP contribution in [0.4, 0.5) is 0 Å². The number of likely N-dealkylation sites (tertiary alicyclic amines) is 1. The van der Waals surface area contributed by atoms with E-state index in [0.717, 1.165) is 4.90 Å². The number of aliphatic hydroxyl groups excluding tert-OH is 6. The van der Waals surface area contributed by atoms with Crippen LogP contribution in [0.3, 0.4) is 0 Å². The van der Waals surface area contributed by atoms with E-state index < -0.39 is 244 Å². The van der Waals surface area contributed by atoms with E-state index in [1.54, 1.807) is 51.2 Å². The molecule has 0 radical (unpaired) electrons. The van der Waals surface area contributed by atoms with Gasteiger partial charge in [0.1, 0.15) is 78.5 Å². The number of carboxylic acid groups (broad SMARTS) is 1. The number of carbonyl (C=O) groups is 17. The van der Waals surface area contributed by atoms with Crippen molar-refractivity contribution in [2.24, 2.45) is 35.0 Å². The van der Waals surface area contributed by atoms with Gasteiger partial charge in [-0.05, 0) is 81.9 Å². The maximum absolute atomic E-state index is 14.7. The topological polar surface area (TPSA) is 685 Å². The molecule has 42 heteroatoms. The number of aliphatic carboxylic acids is 1. The lowest BCUT2D eigenvalue weighted by molar-refractivity contribution is -0.140. The number of nitrogens with two attached hydrogens (primary N) is 3. The Morgan fingerprint density at radius 3 is 1.43 bits per heavy atom. The minimum absolute atomic E-state index is 0.0151. The molecule has 2 heterocycles. The Labute approximate surface area is 626 Å². The van der Waals surface area contributed by atoms with Gasteiger partial charge in [-0.15, -0.1) is 0 Å². The second-order valence-electron chi connectivity index (χ2n) is 26.6. The lowest BCUT2D eigenvalue weighted by atomic mass is 9.92. The first-order valence-electron chi connectivity index (χ1n) is 35.4. The maximum Gasteiger partial charge on any atom is 0.303 e. The average molecular weight is 1550 g/mol. The van der Waals surface area contributed by atoms with Crippen LogP contribution < -0.4 is 86.3 Å². The van der Waals surface area contributed by atoms with Gasteiger partial charge in [0.05, 0.1) is 52.6 Å². The number of benzene rings is 1. The van der Waals surface area contributed by atoms with Gasteiger partial charge < -0.3 is 132 Å². The molecule has 1 aliphatic heterocycles. The summed E-state index contributed by atoms with van der Waals surface area (Å²) in [5.41, 5.74) is 17.6. The van der Waals surface area contributed by atoms with Gasteiger partial charge in [0.15, 0.2) is 0 Å². The van der Waals surface area contributed by atoms with E-state index in [2.05, 4.69) is 47.5 Å². The first-order chi connectivity index (χ1) is 51.5. The average Bonchev–Trinajstić information content (AvgIpc) is 1.73. The van der Waals surface area contributed by atoms with Crippen molar-refractivity contribution in [2.45, 2.75) is 191 Å². The summed E-state index contributed by atoms with van der Waals surface area (Å²) >= 11 is 0. The highest BCUT2D eigenvalue weighted by molar-refractivity contribution is 6.01. The largest absolute Gasteiger partial charge is 0.481 e. The number of carboxylic acids is 1. The lowest BCUT2D eigenvalue weighted by Gasteiger charge is -2.28. The van der Waals surface area contributed by atoms with Crippen molar-refractivity contribution >= 4 is 111 Å². The molecule has 109 heavy (non-hydrogen) atoms. The van der Waals surface area contributed by atoms with Crippen LogP contribution in [0, 0.1) is 17.8 Å². The van der Waals surface area contributed by atoms with Crippen molar-refractivity contribution in [1.82, 2.24) is 79.0 Å². The molecule has 1 saturated heterocycles. The molecule has 1 aromatic carbocycles. The maximum atomic E-state index is 14.7. The molecule has 0 saturated carbocycles. The zero-order chi connectivity index (χ0) is 81.9. The number of nitrogens with zero attached hydrogens (tertiary/aromatic N) is 1. The number of rotatable bonds is 49. The number of para-hydroxylation sites is 1. The molecule has 1 fully saturated rings. The quantitative estimate of drug-likeness (QED) is 0.0274. The number of fused-ring (bicyclic) bond motifs is 1. The highest BCUT2D eigenvalue weighted by atomic mass is 16.4. The number of hydrogen-bond acceptors (Lipinski definition) is 24. The predicted octanol–water partition coefficient (Wildman–Crippen LogP) is -10.3. The van der Waals surface area contributed by atoms with Crippen LogP contribution in [0.15, 0.2) is 30.5 Å². The normalized spacial score (nSPS) is 16.5. The fourth-order valence-electron chi connectivity index (χ4n) is 11.1. The van der Waals surface area contributed by atoms with E-state index in [0.29, 0.717) is 29.3 Å². The van der Waals surface area contributed by atoms with E-state index in [-0.39, 0.29) is 69.9 Å². The number of amides is 16. The summed E-state index contributed by atoms with van der Waals surface area (Å²) in [6.07, 6.45) is 0.951. The molecular formula is C67H106N18O24. The lowest BCUT2D eigenvalue weighted by Crippen LogP contribution is -2.62. The van der Waals surface area contributed by atoms with Crippen LogP contribution in [-0.4, -0.2) is 284 Å². The minimum Gasteiger partial charge on any atom is -0.481 e. The number of aliphatic hydroxyl groups is 6. The highest BCUT2D eigenvalue weighted by Gasteiger charge is 2.40. The van der Waals surface area contributed by atoms with Crippen LogP contribution in [0.5, 0.6) is 0 Å². The van der Waals surface area contributed by atoms with E-state index in [9.17, 15) is 117 Å². The van der Waals surface area contributed by atoms with Crippen molar-refractivity contribution in [3.05, 3.63) is 36.0 Å². The Hall–Kier alpha value is -10.5. The molecule has 1 aliphatic rings. The summed E-state index contributed by atoms with van der Waals surface area (Å²) in [5, 5.41) is 99.0. The number of aromatic nitrogens is 1. The predicted molar refractivity (Wildman–Crippen MR) is 382 cm³/mol. The SMILES string of the molecule is CC[C@H](C)C(C)C(=O)N[C@@H](CCC(=O)O)C(=O)N[C@@H](Cc1c[nH]c2ccccc12)C(=O)N[C@@H](CC(C)C)C(=O)N[C@@H](CCCCN)C(=O)N[C@@H](CC(N)=O)C(=O)N[C@H](C)C(=O)NCC(=O)N1CCC[C@H]1C(=O)N[C@H](CO)C(=O)N[C@H](CO)C(=O)N[C@H](CO)C(=O)N[C@H](CO)C(=O)N[C@H](CO)C(=O)N[C@H](CO)C(N)=O. The molecule has 1 unspecified atom stereocenters. The Morgan fingerprint density at radius 2 is 0.945 bits per heavy atom. The van der Waals surface area contributed by atoms with E-state index >= 15 is 0 Å². The third-order valence-corrected chi connectivity index (χ3v) is 17.8. The number of carbonyl (C=O) groups excluding carboxylic acids is 16. The third-order valence-electron chi connectivity index (χ3n) is 17.8. The molecule has 16 amide bonds. The Balaban J connectivity index is 1.72. The molecule has 0 bridgehead atoms. The van der Waals surface area contributed by atoms with Gasteiger partial charge in [0.2, 0.25) is 94.5 Å². The van der Waals surface area contributed by atoms with Gasteiger partial charge in [0, 0.05) is 42.4 Å². The van der Waals surface area contributed by atoms with Crippen molar-refractivity contribution in [1.29, 1.82) is 0 Å². The van der Waals surface area contributed by atoms with Gasteiger partial charge in [-0.1, -0.05) is 59.2 Å². The molecule has 608 valence electrons. The highest BCUT2D eigenvalue weighted by Crippen LogP contribution is 2.22. The third kappa shape index (κ3) is 29.9. The number of hydrogen-bond donors (Lipinski definition) is 24. The Morgan fingerprint density at radius 1 is 0.514 bits per heavy atom. The van der Waals surface area contributed by atoms with E-state index in [1.165, 1.54) is 6.92 Å². The zero-order valence-electron chi connectivity index (χ0n) is 61.5. The van der Waals surface area contributed by atoms with Gasteiger partial charge in [-0.3, -0.25) is 81.5 Å². The standard InChI is InChI=1S/C67H106N18O24/c1-7-33(4)34(5)55(97)74-40(17-18-53(94)95)58(100)77-42(22-36-24-71-38-14-9-8-13-37(36)38)61(103)76-41(21-32(2)3)60(102)75-39(15-10-11-19-68)57(99)78-43(23-51(69)92)59(101)73-35(6)56(98)72-25-52(93)85-20-12-16-50(85)67(109)84-49(31-91)66(108)83-48(30-90)65(107)82-47(29-89)64(106)81-46(28-88)63(105)80-45(27-87)62(104)79-44(26-86)54(70)96/h8-9,13-14,24,32-35,39-50,71,86-91H,7,10-12,15-23,25-31,68H2,1-6H3,(H2,69,92)(H2,70,96)(H,72,98)(H,73,101)(H,74,97)(H,75,102)(H,76,103)(H,77,100)(H,78,99)(H,79,104)(H,80,105)(H,81,106)(H,82,107)(H,83,108)(H,84,109)(H,94,95)/t33-,34?,35+,39-,40-,41-,42-,43-,44+,45+,46+,47+,48+,49+,50-/m0/s1. The summed E-state index contributed by atoms with van der Waals surface area (Å²) in [6.45, 7) is 2.55. The summed E-state index contributed by atoms with van der Waals surface area (Å²) in [5.74, 6) is -19.3. The number of unbranched alkanes of at least 4 members (excludes halogenated alkanes) is 1. The molecule has 0 spiro atoms. The second-order valence-corrected chi connectivity index (χ2v) is 26.6. The zero-order valence-corrected chi connectivity index (χ0v) is 61.5. The van der Waals surface area contributed by atoms with Gasteiger partial charge in [-0.2, -0.15) is 0 Å². The fourth-order valence-corrected chi connectivity index (χ4v) is 11.1. The van der Waals surface area contributed by atoms with Crippen LogP contribution in [-0.2, 0) is 87.9 Å². The van der Waals surface area contributed by atoms with Crippen molar-refractivity contribution in [3.8, 4) is 0 Å². The first kappa shape index (κ1) is 92.7. The Kier molecular flexibility index (Phi) is 39.6. The van der Waals surface area contributed by atoms with Crippen LogP contribution in [0.25, 0.3) is 10.9 Å². The monoisotopic (exact) mass is 1550 g/mol. The van der Waals surface area contributed by atoms with Crippen LogP contribution in [0.2, 0.25) is 0 Å². The Bertz CT molecular complexity index is 3510. The summed E-state index contributed by atoms with van der Waals surface area (Å²) in [4.78, 5) is 230. The van der Waals surface area contributed by atoms with E-state index in [1.807, 2.05) is 40.4 Å². The second kappa shape index (κ2) is 46.6. The van der Waals surface area contributed by atoms with Crippen LogP contribution in [0.1, 0.15) is 111 Å². The summed E-state index contributed by atoms with van der Waals surface area (Å²) in [6, 6.07) is -14.5. The number of primary amides is 2. The number of aromatic amines is 1. The van der Waals surface area contributed by atoms with Crippen LogP contribution >= 0.6 is 0 Å². The molecule has 3 rings (SSSR count). The molecule has 0 aliphatic carbocycles. The molecule has 42 nitrogen and oxygen atoms in total. The van der Waals surface area contributed by atoms with E-state index in [4.69, 9.17) is 17.2 Å². The molecule has 27 N–H and O–H groups in total. The van der Waals surface area contributed by atoms with Gasteiger partial charge >= 0.3 is 5.97 Å². The minimum atomic E-state index is -1.97.